The summed E-state index contributed by atoms with van der Waals surface area (Å²) in [4.78, 5) is 10.3. The zero-order valence-electron chi connectivity index (χ0n) is 12.0. The number of nitrogens with one attached hydrogen (secondary N) is 2. The first-order valence-electron chi connectivity index (χ1n) is 6.43. The lowest BCUT2D eigenvalue weighted by Crippen LogP contribution is -2.25. The highest BCUT2D eigenvalue weighted by Gasteiger charge is 2.20. The van der Waals surface area contributed by atoms with E-state index in [4.69, 9.17) is 0 Å². The summed E-state index contributed by atoms with van der Waals surface area (Å²) >= 11 is 1.63. The maximum absolute atomic E-state index is 12.1. The van der Waals surface area contributed by atoms with Gasteiger partial charge in [0.2, 0.25) is 10.0 Å². The normalized spacial score (nSPS) is 11.3. The van der Waals surface area contributed by atoms with Gasteiger partial charge in [-0.1, -0.05) is 0 Å². The van der Waals surface area contributed by atoms with Crippen LogP contribution in [0.2, 0.25) is 0 Å². The Hall–Kier alpha value is -1.32. The first-order valence-corrected chi connectivity index (χ1v) is 9.31. The maximum Gasteiger partial charge on any atom is 0.293 e. The van der Waals surface area contributed by atoms with Gasteiger partial charge in [-0.15, -0.1) is 0 Å². The summed E-state index contributed by atoms with van der Waals surface area (Å²) in [5, 5.41) is 13.9. The first kappa shape index (κ1) is 17.7. The number of nitro groups is 1. The number of hydrogen-bond acceptors (Lipinski definition) is 6. The molecule has 0 atom stereocenters. The number of hydrogen-bond donors (Lipinski definition) is 2. The predicted octanol–water partition coefficient (Wildman–Crippen LogP) is 2.06. The highest BCUT2D eigenvalue weighted by Crippen LogP contribution is 2.27. The number of nitrogens with zero attached hydrogens (tertiary/aromatic N) is 1. The zero-order valence-corrected chi connectivity index (χ0v) is 13.6. The summed E-state index contributed by atoms with van der Waals surface area (Å²) in [5.41, 5.74) is 0.0627. The number of benzene rings is 1. The molecule has 0 bridgehead atoms. The number of rotatable bonds is 9. The van der Waals surface area contributed by atoms with Crippen LogP contribution in [0.1, 0.15) is 13.3 Å². The molecule has 0 aliphatic heterocycles. The van der Waals surface area contributed by atoms with Crippen LogP contribution in [0.25, 0.3) is 0 Å². The molecule has 1 aromatic rings. The Morgan fingerprint density at radius 2 is 2.10 bits per heavy atom. The second-order valence-electron chi connectivity index (χ2n) is 4.21. The van der Waals surface area contributed by atoms with E-state index in [1.165, 1.54) is 12.1 Å². The minimum absolute atomic E-state index is 0.0972. The highest BCUT2D eigenvalue weighted by molar-refractivity contribution is 7.98. The Morgan fingerprint density at radius 3 is 2.67 bits per heavy atom. The fourth-order valence-corrected chi connectivity index (χ4v) is 3.20. The van der Waals surface area contributed by atoms with Crippen molar-refractivity contribution in [1.29, 1.82) is 0 Å². The molecule has 1 rings (SSSR count). The molecule has 0 aromatic heterocycles. The average molecular weight is 333 g/mol. The average Bonchev–Trinajstić information content (AvgIpc) is 2.44. The Morgan fingerprint density at radius 1 is 1.38 bits per heavy atom. The van der Waals surface area contributed by atoms with Crippen molar-refractivity contribution in [2.45, 2.75) is 18.2 Å². The van der Waals surface area contributed by atoms with Gasteiger partial charge in [-0.25, -0.2) is 13.1 Å². The van der Waals surface area contributed by atoms with Gasteiger partial charge in [0.15, 0.2) is 0 Å². The van der Waals surface area contributed by atoms with E-state index < -0.39 is 14.9 Å². The standard InChI is InChI=1S/C12H19N3O4S2/c1-3-13-11-6-5-10(9-12(11)15(16)17)21(18,19)14-7-4-8-20-2/h5-6,9,13-14H,3-4,7-8H2,1-2H3. The summed E-state index contributed by atoms with van der Waals surface area (Å²) < 4.78 is 26.6. The van der Waals surface area contributed by atoms with Crippen molar-refractivity contribution in [3.8, 4) is 0 Å². The molecule has 118 valence electrons. The second kappa shape index (κ2) is 8.20. The Bertz CT molecular complexity index is 590. The van der Waals surface area contributed by atoms with E-state index in [2.05, 4.69) is 10.0 Å². The molecule has 0 amide bonds. The quantitative estimate of drug-likeness (QED) is 0.407. The van der Waals surface area contributed by atoms with E-state index in [0.29, 0.717) is 25.2 Å². The first-order chi connectivity index (χ1) is 9.92. The number of nitro benzene ring substituents is 1. The minimum atomic E-state index is -3.72. The number of sulfonamides is 1. The van der Waals surface area contributed by atoms with Crippen molar-refractivity contribution in [3.63, 3.8) is 0 Å². The molecule has 0 unspecified atom stereocenters. The molecule has 21 heavy (non-hydrogen) atoms. The van der Waals surface area contributed by atoms with Gasteiger partial charge < -0.3 is 5.32 Å². The summed E-state index contributed by atoms with van der Waals surface area (Å²) in [6.07, 6.45) is 2.65. The molecule has 1 aromatic carbocycles. The van der Waals surface area contributed by atoms with Crippen LogP contribution in [0.15, 0.2) is 23.1 Å². The Balaban J connectivity index is 2.97. The molecule has 0 heterocycles. The zero-order chi connectivity index (χ0) is 15.9. The van der Waals surface area contributed by atoms with Gasteiger partial charge in [0.05, 0.1) is 9.82 Å². The topological polar surface area (TPSA) is 101 Å². The van der Waals surface area contributed by atoms with Crippen LogP contribution >= 0.6 is 11.8 Å². The molecule has 9 heteroatoms. The lowest BCUT2D eigenvalue weighted by atomic mass is 10.2. The van der Waals surface area contributed by atoms with Gasteiger partial charge >= 0.3 is 0 Å². The van der Waals surface area contributed by atoms with Crippen LogP contribution in [0.5, 0.6) is 0 Å². The van der Waals surface area contributed by atoms with E-state index in [0.717, 1.165) is 11.8 Å². The molecular weight excluding hydrogens is 314 g/mol. The van der Waals surface area contributed by atoms with E-state index in [9.17, 15) is 18.5 Å². The molecule has 0 aliphatic carbocycles. The lowest BCUT2D eigenvalue weighted by molar-refractivity contribution is -0.384. The molecule has 0 radical (unpaired) electrons. The largest absolute Gasteiger partial charge is 0.380 e. The maximum atomic E-state index is 12.1. The number of anilines is 1. The van der Waals surface area contributed by atoms with Crippen molar-refractivity contribution in [3.05, 3.63) is 28.3 Å². The molecule has 0 aliphatic rings. The van der Waals surface area contributed by atoms with Gasteiger partial charge in [0.1, 0.15) is 5.69 Å². The van der Waals surface area contributed by atoms with Gasteiger partial charge in [-0.2, -0.15) is 11.8 Å². The van der Waals surface area contributed by atoms with Crippen molar-refractivity contribution in [2.75, 3.05) is 30.4 Å². The summed E-state index contributed by atoms with van der Waals surface area (Å²) in [6, 6.07) is 3.86. The predicted molar refractivity (Wildman–Crippen MR) is 85.4 cm³/mol. The third kappa shape index (κ3) is 5.18. The summed E-state index contributed by atoms with van der Waals surface area (Å²) in [5.74, 6) is 0.849. The highest BCUT2D eigenvalue weighted by atomic mass is 32.2. The molecule has 0 saturated carbocycles. The molecule has 2 N–H and O–H groups in total. The summed E-state index contributed by atoms with van der Waals surface area (Å²) in [6.45, 7) is 2.63. The Kier molecular flexibility index (Phi) is 6.93. The van der Waals surface area contributed by atoms with E-state index in [1.54, 1.807) is 11.8 Å². The van der Waals surface area contributed by atoms with Gasteiger partial charge in [0.25, 0.3) is 5.69 Å². The van der Waals surface area contributed by atoms with Crippen molar-refractivity contribution < 1.29 is 13.3 Å². The minimum Gasteiger partial charge on any atom is -0.380 e. The third-order valence-corrected chi connectivity index (χ3v) is 4.82. The van der Waals surface area contributed by atoms with Crippen LogP contribution in [-0.2, 0) is 10.0 Å². The van der Waals surface area contributed by atoms with Gasteiger partial charge in [-0.05, 0) is 37.5 Å². The Labute approximate surface area is 128 Å². The fraction of sp³-hybridized carbons (Fsp3) is 0.500. The molecule has 0 fully saturated rings. The van der Waals surface area contributed by atoms with E-state index in [-0.39, 0.29) is 10.6 Å². The molecular formula is C12H19N3O4S2. The van der Waals surface area contributed by atoms with Crippen molar-refractivity contribution in [2.24, 2.45) is 0 Å². The van der Waals surface area contributed by atoms with E-state index >= 15 is 0 Å². The fourth-order valence-electron chi connectivity index (χ4n) is 1.68. The number of thioether (sulfide) groups is 1. The van der Waals surface area contributed by atoms with E-state index in [1.807, 2.05) is 13.2 Å². The van der Waals surface area contributed by atoms with Crippen molar-refractivity contribution >= 4 is 33.2 Å². The van der Waals surface area contributed by atoms with Crippen LogP contribution < -0.4 is 10.0 Å². The summed E-state index contributed by atoms with van der Waals surface area (Å²) in [7, 11) is -3.72. The molecule has 0 spiro atoms. The molecule has 7 nitrogen and oxygen atoms in total. The van der Waals surface area contributed by atoms with Crippen LogP contribution in [0, 0.1) is 10.1 Å². The molecule has 0 saturated heterocycles. The second-order valence-corrected chi connectivity index (χ2v) is 6.96. The monoisotopic (exact) mass is 333 g/mol. The van der Waals surface area contributed by atoms with Crippen LogP contribution in [-0.4, -0.2) is 38.4 Å². The van der Waals surface area contributed by atoms with Gasteiger partial charge in [-0.3, -0.25) is 10.1 Å². The SMILES string of the molecule is CCNc1ccc(S(=O)(=O)NCCCSC)cc1[N+](=O)[O-]. The third-order valence-electron chi connectivity index (χ3n) is 2.66. The van der Waals surface area contributed by atoms with Gasteiger partial charge in [0, 0.05) is 19.2 Å². The van der Waals surface area contributed by atoms with Crippen LogP contribution in [0.3, 0.4) is 0 Å². The lowest BCUT2D eigenvalue weighted by Gasteiger charge is -2.09. The van der Waals surface area contributed by atoms with Crippen LogP contribution in [0.4, 0.5) is 11.4 Å². The van der Waals surface area contributed by atoms with Crippen molar-refractivity contribution in [1.82, 2.24) is 4.72 Å². The smallest absolute Gasteiger partial charge is 0.293 e.